The molecular weight excluding hydrogens is 221 g/mol. The molecule has 0 nitrogen and oxygen atoms in total. The predicted octanol–water partition coefficient (Wildman–Crippen LogP) is 2.41. The van der Waals surface area contributed by atoms with Crippen molar-refractivity contribution in [1.82, 2.24) is 0 Å². The zero-order valence-electron chi connectivity index (χ0n) is 5.32. The van der Waals surface area contributed by atoms with Gasteiger partial charge >= 0.3 is 50.7 Å². The first kappa shape index (κ1) is 11.2. The van der Waals surface area contributed by atoms with Gasteiger partial charge in [0.25, 0.3) is 0 Å². The summed E-state index contributed by atoms with van der Waals surface area (Å²) < 4.78 is 1.53. The first-order chi connectivity index (χ1) is 2.56. The van der Waals surface area contributed by atoms with Gasteiger partial charge in [-0.2, -0.15) is 0 Å². The van der Waals surface area contributed by atoms with Crippen LogP contribution in [0.15, 0.2) is 0 Å². The van der Waals surface area contributed by atoms with E-state index in [2.05, 4.69) is 19.6 Å². The molecule has 0 bridgehead atoms. The van der Waals surface area contributed by atoms with Gasteiger partial charge < -0.3 is 0 Å². The summed E-state index contributed by atoms with van der Waals surface area (Å²) in [6.45, 7) is 7.24. The molecule has 0 aliphatic carbocycles. The van der Waals surface area contributed by atoms with Crippen molar-refractivity contribution in [3.05, 3.63) is 0 Å². The summed E-state index contributed by atoms with van der Waals surface area (Å²) in [7, 11) is -0.576. The molecule has 0 fully saturated rings. The van der Waals surface area contributed by atoms with Gasteiger partial charge in [0.2, 0.25) is 0 Å². The quantitative estimate of drug-likeness (QED) is 0.610. The second-order valence-corrected chi connectivity index (χ2v) is 11.6. The molecule has 0 radical (unpaired) electrons. The van der Waals surface area contributed by atoms with Crippen LogP contribution < -0.4 is 0 Å². The Labute approximate surface area is 67.5 Å². The average Bonchev–Trinajstić information content (AvgIpc) is 1.35. The van der Waals surface area contributed by atoms with Crippen LogP contribution in [-0.2, 0) is 18.3 Å². The molecule has 0 rings (SSSR count). The van der Waals surface area contributed by atoms with E-state index in [-0.39, 0.29) is 17.0 Å². The van der Waals surface area contributed by atoms with Crippen LogP contribution in [0.25, 0.3) is 0 Å². The number of rotatable bonds is 1. The average molecular weight is 234 g/mol. The van der Waals surface area contributed by atoms with Gasteiger partial charge in [0, 0.05) is 0 Å². The van der Waals surface area contributed by atoms with E-state index in [0.29, 0.717) is 0 Å². The Morgan fingerprint density at radius 3 is 1.43 bits per heavy atom. The van der Waals surface area contributed by atoms with Crippen molar-refractivity contribution in [2.24, 2.45) is 0 Å². The maximum atomic E-state index is 2.41. The number of hydrogen-bond donors (Lipinski definition) is 0. The van der Waals surface area contributed by atoms with E-state index in [1.54, 1.807) is 0 Å². The van der Waals surface area contributed by atoms with Crippen LogP contribution in [-0.4, -0.2) is 8.07 Å². The molecule has 0 aliphatic rings. The molecule has 0 spiro atoms. The summed E-state index contributed by atoms with van der Waals surface area (Å²) in [6.07, 6.45) is 0. The third kappa shape index (κ3) is 11.1. The Hall–Kier alpha value is 1.32. The van der Waals surface area contributed by atoms with Crippen molar-refractivity contribution in [2.45, 2.75) is 24.3 Å². The second kappa shape index (κ2) is 4.22. The van der Waals surface area contributed by atoms with Gasteiger partial charge in [-0.15, -0.1) is 17.0 Å². The topological polar surface area (TPSA) is 0 Å². The van der Waals surface area contributed by atoms with Crippen LogP contribution in [0.5, 0.6) is 0 Å². The van der Waals surface area contributed by atoms with E-state index >= 15 is 0 Å². The van der Waals surface area contributed by atoms with Gasteiger partial charge in [0.15, 0.2) is 0 Å². The second-order valence-electron chi connectivity index (χ2n) is 2.81. The van der Waals surface area contributed by atoms with E-state index < -0.39 is 8.07 Å². The Morgan fingerprint density at radius 2 is 1.43 bits per heavy atom. The van der Waals surface area contributed by atoms with Crippen LogP contribution in [0.1, 0.15) is 0 Å². The standard InChI is InChI=1S/C4H11Si.BrH.Zn/c1-5(2,3)4;;/h1H2,2-4H3;1H;. The van der Waals surface area contributed by atoms with Crippen LogP contribution in [0.2, 0.25) is 24.3 Å². The molecule has 0 saturated carbocycles. The van der Waals surface area contributed by atoms with Crippen molar-refractivity contribution < 1.29 is 18.3 Å². The van der Waals surface area contributed by atoms with Crippen LogP contribution in [0, 0.1) is 0 Å². The molecule has 0 aromatic rings. The summed E-state index contributed by atoms with van der Waals surface area (Å²) in [5, 5.41) is 0. The van der Waals surface area contributed by atoms with Crippen molar-refractivity contribution in [3.8, 4) is 0 Å². The Kier molecular flexibility index (Phi) is 6.74. The van der Waals surface area contributed by atoms with Crippen LogP contribution in [0.4, 0.5) is 0 Å². The third-order valence-electron chi connectivity index (χ3n) is 0.750. The molecule has 41 valence electrons. The van der Waals surface area contributed by atoms with Crippen molar-refractivity contribution in [1.29, 1.82) is 0 Å². The zero-order valence-corrected chi connectivity index (χ0v) is 11.0. The Balaban J connectivity index is 0. The summed E-state index contributed by atoms with van der Waals surface area (Å²) >= 11 is 1.50. The molecule has 7 heavy (non-hydrogen) atoms. The van der Waals surface area contributed by atoms with Crippen molar-refractivity contribution >= 4 is 25.1 Å². The van der Waals surface area contributed by atoms with E-state index in [1.165, 1.54) is 22.9 Å². The van der Waals surface area contributed by atoms with Gasteiger partial charge in [-0.3, -0.25) is 0 Å². The molecule has 0 unspecified atom stereocenters. The fourth-order valence-electron chi connectivity index (χ4n) is 0. The normalized spacial score (nSPS) is 10.4. The molecule has 3 heteroatoms. The summed E-state index contributed by atoms with van der Waals surface area (Å²) in [5.74, 6) is 0. The van der Waals surface area contributed by atoms with Gasteiger partial charge in [0.1, 0.15) is 0 Å². The van der Waals surface area contributed by atoms with Gasteiger partial charge in [-0.25, -0.2) is 0 Å². The van der Waals surface area contributed by atoms with Crippen LogP contribution >= 0.6 is 17.0 Å². The van der Waals surface area contributed by atoms with Gasteiger partial charge in [0.05, 0.1) is 0 Å². The summed E-state index contributed by atoms with van der Waals surface area (Å²) in [5.41, 5.74) is 0. The molecule has 0 aliphatic heterocycles. The van der Waals surface area contributed by atoms with E-state index in [1.807, 2.05) is 0 Å². The van der Waals surface area contributed by atoms with Crippen LogP contribution in [0.3, 0.4) is 0 Å². The number of halogens is 1. The first-order valence-corrected chi connectivity index (χ1v) is 8.16. The van der Waals surface area contributed by atoms with Crippen molar-refractivity contribution in [2.75, 3.05) is 0 Å². The zero-order chi connectivity index (χ0) is 5.21. The maximum absolute atomic E-state index is 2.41. The molecule has 0 aromatic carbocycles. The molecule has 0 amide bonds. The fourth-order valence-corrected chi connectivity index (χ4v) is 0. The van der Waals surface area contributed by atoms with Gasteiger partial charge in [-0.1, -0.05) is 0 Å². The summed E-state index contributed by atoms with van der Waals surface area (Å²) in [6, 6.07) is 0. The van der Waals surface area contributed by atoms with Gasteiger partial charge in [-0.05, 0) is 0 Å². The summed E-state index contributed by atoms with van der Waals surface area (Å²) in [4.78, 5) is 0. The minimum atomic E-state index is -0.576. The molecule has 0 atom stereocenters. The number of hydrogen-bond acceptors (Lipinski definition) is 0. The molecule has 0 aromatic heterocycles. The fraction of sp³-hybridized carbons (Fsp3) is 1.00. The molecule has 0 heterocycles. The van der Waals surface area contributed by atoms with Crippen molar-refractivity contribution in [3.63, 3.8) is 0 Å². The third-order valence-corrected chi connectivity index (χ3v) is 11.7. The monoisotopic (exact) mass is 231 g/mol. The van der Waals surface area contributed by atoms with E-state index in [4.69, 9.17) is 0 Å². The Bertz CT molecular complexity index is 41.4. The SMILES string of the molecule is Br.C[Si](C)(C)[CH2][Zn]. The molecule has 0 saturated heterocycles. The molecule has 0 N–H and O–H groups in total. The molecular formula is C4H12BrSiZn. The predicted molar refractivity (Wildman–Crippen MR) is 38.5 cm³/mol. The van der Waals surface area contributed by atoms with E-state index in [9.17, 15) is 0 Å². The van der Waals surface area contributed by atoms with E-state index in [0.717, 1.165) is 0 Å². The first-order valence-electron chi connectivity index (χ1n) is 2.35. The minimum absolute atomic E-state index is 0. The Morgan fingerprint density at radius 1 is 1.29 bits per heavy atom.